The van der Waals surface area contributed by atoms with Crippen LogP contribution in [0.3, 0.4) is 0 Å². The number of nitrogens with zero attached hydrogens (tertiary/aromatic N) is 1. The van der Waals surface area contributed by atoms with Crippen LogP contribution in [-0.4, -0.2) is 31.6 Å². The largest absolute Gasteiger partial charge is 0.385 e. The molecule has 0 fully saturated rings. The Morgan fingerprint density at radius 3 is 3.00 bits per heavy atom. The second-order valence-corrected chi connectivity index (χ2v) is 7.47. The minimum atomic E-state index is 0.263. The summed E-state index contributed by atoms with van der Waals surface area (Å²) in [4.78, 5) is 1.34. The average Bonchev–Trinajstić information content (AvgIpc) is 2.67. The van der Waals surface area contributed by atoms with Crippen LogP contribution >= 0.6 is 11.9 Å². The van der Waals surface area contributed by atoms with Crippen LogP contribution in [0.25, 0.3) is 0 Å². The van der Waals surface area contributed by atoms with Crippen molar-refractivity contribution in [3.63, 3.8) is 0 Å². The van der Waals surface area contributed by atoms with Gasteiger partial charge in [-0.05, 0) is 54.5 Å². The molecule has 0 spiro atoms. The number of rotatable bonds is 5. The fraction of sp³-hybridized carbons (Fsp3) is 0.474. The van der Waals surface area contributed by atoms with E-state index in [0.29, 0.717) is 5.92 Å². The molecule has 3 rings (SSSR count). The van der Waals surface area contributed by atoms with Crippen molar-refractivity contribution in [2.75, 3.05) is 27.3 Å². The van der Waals surface area contributed by atoms with Crippen molar-refractivity contribution in [2.45, 2.75) is 30.7 Å². The Morgan fingerprint density at radius 1 is 1.35 bits per heavy atom. The zero-order chi connectivity index (χ0) is 16.2. The Labute approximate surface area is 143 Å². The third kappa shape index (κ3) is 3.65. The van der Waals surface area contributed by atoms with Crippen LogP contribution in [0.5, 0.6) is 0 Å². The molecule has 0 saturated heterocycles. The van der Waals surface area contributed by atoms with Crippen molar-refractivity contribution < 1.29 is 4.74 Å². The summed E-state index contributed by atoms with van der Waals surface area (Å²) in [6.45, 7) is 4.05. The zero-order valence-electron chi connectivity index (χ0n) is 14.2. The van der Waals surface area contributed by atoms with Gasteiger partial charge in [-0.25, -0.2) is 0 Å². The lowest BCUT2D eigenvalue weighted by molar-refractivity contribution is 0.193. The first-order chi connectivity index (χ1) is 11.2. The van der Waals surface area contributed by atoms with E-state index >= 15 is 0 Å². The second-order valence-electron chi connectivity index (χ2n) is 6.30. The minimum absolute atomic E-state index is 0.263. The maximum atomic E-state index is 5.18. The average molecular weight is 330 g/mol. The molecule has 0 bridgehead atoms. The van der Waals surface area contributed by atoms with E-state index in [1.165, 1.54) is 21.7 Å². The summed E-state index contributed by atoms with van der Waals surface area (Å²) in [6.07, 6.45) is 6.81. The van der Waals surface area contributed by atoms with E-state index in [1.807, 2.05) is 11.9 Å². The van der Waals surface area contributed by atoms with Gasteiger partial charge in [0.2, 0.25) is 0 Å². The quantitative estimate of drug-likeness (QED) is 0.647. The van der Waals surface area contributed by atoms with Crippen molar-refractivity contribution in [1.82, 2.24) is 9.62 Å². The molecule has 1 aliphatic carbocycles. The van der Waals surface area contributed by atoms with Gasteiger partial charge in [0.15, 0.2) is 0 Å². The van der Waals surface area contributed by atoms with Gasteiger partial charge in [0.1, 0.15) is 0 Å². The Hall–Kier alpha value is -1.23. The van der Waals surface area contributed by atoms with Crippen LogP contribution in [-0.2, 0) is 4.74 Å². The molecule has 1 aliphatic heterocycles. The van der Waals surface area contributed by atoms with Gasteiger partial charge < -0.3 is 14.4 Å². The van der Waals surface area contributed by atoms with E-state index in [0.717, 1.165) is 26.0 Å². The molecule has 1 heterocycles. The first kappa shape index (κ1) is 16.6. The molecule has 3 nitrogen and oxygen atoms in total. The van der Waals surface area contributed by atoms with Crippen LogP contribution in [0.15, 0.2) is 52.6 Å². The normalized spacial score (nSPS) is 23.5. The lowest BCUT2D eigenvalue weighted by atomic mass is 9.88. The molecule has 0 amide bonds. The third-order valence-corrected chi connectivity index (χ3v) is 5.55. The van der Waals surface area contributed by atoms with Crippen LogP contribution in [0, 0.1) is 5.92 Å². The molecule has 4 heteroatoms. The van der Waals surface area contributed by atoms with Crippen LogP contribution in [0.1, 0.15) is 31.4 Å². The second kappa shape index (κ2) is 7.56. The van der Waals surface area contributed by atoms with Crippen molar-refractivity contribution in [3.05, 3.63) is 53.3 Å². The van der Waals surface area contributed by atoms with E-state index in [4.69, 9.17) is 4.74 Å². The van der Waals surface area contributed by atoms with Gasteiger partial charge in [-0.2, -0.15) is 0 Å². The summed E-state index contributed by atoms with van der Waals surface area (Å²) in [5.74, 6) is 0.604. The lowest BCUT2D eigenvalue weighted by Gasteiger charge is -2.28. The lowest BCUT2D eigenvalue weighted by Crippen LogP contribution is -2.27. The van der Waals surface area contributed by atoms with Gasteiger partial charge in [0, 0.05) is 31.4 Å². The van der Waals surface area contributed by atoms with Gasteiger partial charge in [-0.3, -0.25) is 0 Å². The van der Waals surface area contributed by atoms with Crippen LogP contribution < -0.4 is 5.32 Å². The molecule has 2 atom stereocenters. The highest BCUT2D eigenvalue weighted by atomic mass is 32.2. The molecule has 23 heavy (non-hydrogen) atoms. The number of allylic oxidation sites excluding steroid dienone is 2. The van der Waals surface area contributed by atoms with Crippen molar-refractivity contribution >= 4 is 11.9 Å². The van der Waals surface area contributed by atoms with E-state index < -0.39 is 0 Å². The Kier molecular flexibility index (Phi) is 5.46. The molecule has 1 aromatic rings. The number of ether oxygens (including phenoxy) is 1. The summed E-state index contributed by atoms with van der Waals surface area (Å²) >= 11 is 1.84. The SMILES string of the molecule is COCCCNC1C2=C(CC(C)C=C2)N(C)Sc2ccccc21. The van der Waals surface area contributed by atoms with Crippen molar-refractivity contribution in [2.24, 2.45) is 5.92 Å². The monoisotopic (exact) mass is 330 g/mol. The van der Waals surface area contributed by atoms with Gasteiger partial charge in [-0.1, -0.05) is 37.3 Å². The smallest absolute Gasteiger partial charge is 0.0605 e. The number of hydrogen-bond acceptors (Lipinski definition) is 4. The van der Waals surface area contributed by atoms with Crippen molar-refractivity contribution in [1.29, 1.82) is 0 Å². The summed E-state index contributed by atoms with van der Waals surface area (Å²) in [5.41, 5.74) is 4.25. The summed E-state index contributed by atoms with van der Waals surface area (Å²) in [7, 11) is 3.95. The number of nitrogens with one attached hydrogen (secondary N) is 1. The Morgan fingerprint density at radius 2 is 2.17 bits per heavy atom. The standard InChI is InChI=1S/C19H26N2OS/c1-14-9-10-15-17(13-14)21(2)23-18-8-5-4-7-16(18)19(15)20-11-6-12-22-3/h4-5,7-10,14,19-20H,6,11-13H2,1-3H3. The van der Waals surface area contributed by atoms with Crippen LogP contribution in [0.4, 0.5) is 0 Å². The van der Waals surface area contributed by atoms with E-state index in [1.54, 1.807) is 7.11 Å². The first-order valence-corrected chi connectivity index (χ1v) is 9.12. The third-order valence-electron chi connectivity index (χ3n) is 4.48. The maximum absolute atomic E-state index is 5.18. The molecular weight excluding hydrogens is 304 g/mol. The highest BCUT2D eigenvalue weighted by molar-refractivity contribution is 7.97. The minimum Gasteiger partial charge on any atom is -0.385 e. The zero-order valence-corrected chi connectivity index (χ0v) is 15.0. The molecule has 0 saturated carbocycles. The van der Waals surface area contributed by atoms with Gasteiger partial charge in [0.05, 0.1) is 6.04 Å². The molecule has 1 aromatic carbocycles. The fourth-order valence-electron chi connectivity index (χ4n) is 3.28. The highest BCUT2D eigenvalue weighted by Gasteiger charge is 2.29. The molecule has 1 N–H and O–H groups in total. The molecule has 0 radical (unpaired) electrons. The van der Waals surface area contributed by atoms with E-state index in [9.17, 15) is 0 Å². The topological polar surface area (TPSA) is 24.5 Å². The Balaban J connectivity index is 1.94. The van der Waals surface area contributed by atoms with E-state index in [2.05, 4.69) is 60.0 Å². The molecule has 2 aliphatic rings. The van der Waals surface area contributed by atoms with Crippen LogP contribution in [0.2, 0.25) is 0 Å². The summed E-state index contributed by atoms with van der Waals surface area (Å²) < 4.78 is 7.54. The van der Waals surface area contributed by atoms with Gasteiger partial charge >= 0.3 is 0 Å². The number of hydrogen-bond donors (Lipinski definition) is 1. The van der Waals surface area contributed by atoms with Gasteiger partial charge in [-0.15, -0.1) is 0 Å². The van der Waals surface area contributed by atoms with Gasteiger partial charge in [0.25, 0.3) is 0 Å². The predicted molar refractivity (Wildman–Crippen MR) is 97.2 cm³/mol. The van der Waals surface area contributed by atoms with E-state index in [-0.39, 0.29) is 6.04 Å². The number of benzene rings is 1. The molecular formula is C19H26N2OS. The molecule has 0 aromatic heterocycles. The first-order valence-electron chi connectivity index (χ1n) is 8.35. The Bertz CT molecular complexity index is 611. The molecule has 124 valence electrons. The predicted octanol–water partition coefficient (Wildman–Crippen LogP) is 4.16. The molecule has 2 unspecified atom stereocenters. The number of fused-ring (bicyclic) bond motifs is 1. The van der Waals surface area contributed by atoms with Crippen molar-refractivity contribution in [3.8, 4) is 0 Å². The maximum Gasteiger partial charge on any atom is 0.0605 e. The summed E-state index contributed by atoms with van der Waals surface area (Å²) in [6, 6.07) is 9.02. The summed E-state index contributed by atoms with van der Waals surface area (Å²) in [5, 5.41) is 3.76. The number of methoxy groups -OCH3 is 1. The fourth-order valence-corrected chi connectivity index (χ4v) is 4.30. The highest BCUT2D eigenvalue weighted by Crippen LogP contribution is 2.43.